The Balaban J connectivity index is 0.00000625. The zero-order chi connectivity index (χ0) is 18.7. The predicted octanol–water partition coefficient (Wildman–Crippen LogP) is 3.54. The van der Waals surface area contributed by atoms with Gasteiger partial charge in [-0.25, -0.2) is 9.98 Å². The normalized spacial score (nSPS) is 12.2. The van der Waals surface area contributed by atoms with Gasteiger partial charge in [0.25, 0.3) is 0 Å². The predicted molar refractivity (Wildman–Crippen MR) is 120 cm³/mol. The van der Waals surface area contributed by atoms with E-state index in [1.165, 1.54) is 0 Å². The Morgan fingerprint density at radius 2 is 1.88 bits per heavy atom. The van der Waals surface area contributed by atoms with E-state index in [0.717, 1.165) is 50.6 Å². The van der Waals surface area contributed by atoms with Gasteiger partial charge < -0.3 is 20.3 Å². The van der Waals surface area contributed by atoms with Crippen LogP contribution in [0.2, 0.25) is 0 Å². The summed E-state index contributed by atoms with van der Waals surface area (Å²) in [6.07, 6.45) is 7.37. The molecule has 0 aliphatic heterocycles. The van der Waals surface area contributed by atoms with Crippen LogP contribution in [0, 0.1) is 5.92 Å². The van der Waals surface area contributed by atoms with Crippen molar-refractivity contribution >= 4 is 29.9 Å². The second-order valence-corrected chi connectivity index (χ2v) is 7.16. The lowest BCUT2D eigenvalue weighted by molar-refractivity contribution is 0.0257. The number of guanidine groups is 1. The smallest absolute Gasteiger partial charge is 0.191 e. The van der Waals surface area contributed by atoms with Gasteiger partial charge in [0.1, 0.15) is 12.4 Å². The molecule has 0 radical (unpaired) electrons. The second-order valence-electron chi connectivity index (χ2n) is 7.16. The van der Waals surface area contributed by atoms with Gasteiger partial charge in [-0.1, -0.05) is 40.5 Å². The highest BCUT2D eigenvalue weighted by molar-refractivity contribution is 14.0. The lowest BCUT2D eigenvalue weighted by atomic mass is 9.93. The molecule has 0 aliphatic carbocycles. The first-order chi connectivity index (χ1) is 11.9. The van der Waals surface area contributed by atoms with E-state index in [2.05, 4.69) is 52.9 Å². The molecule has 3 N–H and O–H groups in total. The number of hydrogen-bond donors (Lipinski definition) is 3. The summed E-state index contributed by atoms with van der Waals surface area (Å²) in [6, 6.07) is 0. The number of aliphatic hydroxyl groups is 1. The molecule has 6 nitrogen and oxygen atoms in total. The molecule has 0 aromatic carbocycles. The Morgan fingerprint density at radius 1 is 1.23 bits per heavy atom. The van der Waals surface area contributed by atoms with Gasteiger partial charge in [0.15, 0.2) is 5.96 Å². The number of nitrogens with one attached hydrogen (secondary N) is 2. The highest BCUT2D eigenvalue weighted by Crippen LogP contribution is 2.18. The van der Waals surface area contributed by atoms with Crippen molar-refractivity contribution in [1.82, 2.24) is 20.2 Å². The van der Waals surface area contributed by atoms with Crippen molar-refractivity contribution in [2.75, 3.05) is 13.1 Å². The van der Waals surface area contributed by atoms with Gasteiger partial charge in [-0.2, -0.15) is 0 Å². The quantitative estimate of drug-likeness (QED) is 0.258. The average molecular weight is 479 g/mol. The van der Waals surface area contributed by atoms with E-state index in [1.807, 2.05) is 19.3 Å². The van der Waals surface area contributed by atoms with Crippen molar-refractivity contribution in [3.8, 4) is 0 Å². The molecule has 26 heavy (non-hydrogen) atoms. The minimum atomic E-state index is -0.671. The molecular formula is C19H38IN5O. The number of rotatable bonds is 11. The molecule has 0 aliphatic rings. The number of aromatic nitrogens is 2. The van der Waals surface area contributed by atoms with Crippen LogP contribution in [-0.4, -0.2) is 39.3 Å². The Kier molecular flexibility index (Phi) is 12.9. The van der Waals surface area contributed by atoms with Gasteiger partial charge in [0.05, 0.1) is 5.60 Å². The summed E-state index contributed by atoms with van der Waals surface area (Å²) in [5, 5.41) is 17.3. The minimum absolute atomic E-state index is 0. The lowest BCUT2D eigenvalue weighted by Gasteiger charge is -2.28. The molecule has 0 saturated heterocycles. The van der Waals surface area contributed by atoms with Crippen LogP contribution in [0.3, 0.4) is 0 Å². The van der Waals surface area contributed by atoms with Crippen molar-refractivity contribution < 1.29 is 5.11 Å². The van der Waals surface area contributed by atoms with Crippen LogP contribution >= 0.6 is 24.0 Å². The number of imidazole rings is 1. The van der Waals surface area contributed by atoms with E-state index in [0.29, 0.717) is 19.0 Å². The van der Waals surface area contributed by atoms with E-state index in [4.69, 9.17) is 0 Å². The minimum Gasteiger partial charge on any atom is -0.388 e. The fourth-order valence-electron chi connectivity index (χ4n) is 3.02. The molecule has 1 aromatic heterocycles. The molecule has 0 amide bonds. The second kappa shape index (κ2) is 13.4. The molecule has 0 atom stereocenters. The molecule has 0 unspecified atom stereocenters. The van der Waals surface area contributed by atoms with E-state index >= 15 is 0 Å². The Bertz CT molecular complexity index is 510. The van der Waals surface area contributed by atoms with Gasteiger partial charge in [0.2, 0.25) is 0 Å². The molecule has 0 fully saturated rings. The topological polar surface area (TPSA) is 74.5 Å². The van der Waals surface area contributed by atoms with Crippen LogP contribution in [0.1, 0.15) is 66.1 Å². The van der Waals surface area contributed by atoms with Crippen molar-refractivity contribution in [2.24, 2.45) is 10.9 Å². The molecule has 1 heterocycles. The summed E-state index contributed by atoms with van der Waals surface area (Å²) in [5.41, 5.74) is -0.671. The first-order valence-electron chi connectivity index (χ1n) is 9.68. The largest absolute Gasteiger partial charge is 0.388 e. The first-order valence-corrected chi connectivity index (χ1v) is 9.68. The van der Waals surface area contributed by atoms with Crippen LogP contribution in [0.15, 0.2) is 17.4 Å². The zero-order valence-corrected chi connectivity index (χ0v) is 19.4. The van der Waals surface area contributed by atoms with Gasteiger partial charge in [0, 0.05) is 32.0 Å². The fourth-order valence-corrected chi connectivity index (χ4v) is 3.02. The molecule has 0 bridgehead atoms. The van der Waals surface area contributed by atoms with Crippen LogP contribution in [-0.2, 0) is 13.1 Å². The van der Waals surface area contributed by atoms with Crippen molar-refractivity contribution in [1.29, 1.82) is 0 Å². The number of halogens is 1. The maximum Gasteiger partial charge on any atom is 0.191 e. The molecule has 7 heteroatoms. The molecule has 152 valence electrons. The van der Waals surface area contributed by atoms with E-state index in [-0.39, 0.29) is 24.0 Å². The Morgan fingerprint density at radius 3 is 2.42 bits per heavy atom. The third-order valence-corrected chi connectivity index (χ3v) is 4.10. The maximum absolute atomic E-state index is 10.8. The fraction of sp³-hybridized carbons (Fsp3) is 0.789. The van der Waals surface area contributed by atoms with E-state index in [1.54, 1.807) is 0 Å². The molecule has 1 aromatic rings. The standard InChI is InChI=1S/C19H37N5O.HI/c1-6-9-19(25,10-7-2)15-23-18(20-8-3)22-13-17-21-11-12-24(17)14-16(4)5;/h11-12,16,25H,6-10,13-15H2,1-5H3,(H2,20,22,23);1H. The van der Waals surface area contributed by atoms with Crippen LogP contribution in [0.4, 0.5) is 0 Å². The third kappa shape index (κ3) is 9.21. The summed E-state index contributed by atoms with van der Waals surface area (Å²) in [4.78, 5) is 9.07. The summed E-state index contributed by atoms with van der Waals surface area (Å²) in [5.74, 6) is 2.26. The monoisotopic (exact) mass is 479 g/mol. The molecular weight excluding hydrogens is 441 g/mol. The van der Waals surface area contributed by atoms with Gasteiger partial charge >= 0.3 is 0 Å². The average Bonchev–Trinajstić information content (AvgIpc) is 2.97. The molecule has 1 rings (SSSR count). The van der Waals surface area contributed by atoms with Gasteiger partial charge in [-0.05, 0) is 25.7 Å². The summed E-state index contributed by atoms with van der Waals surface area (Å²) >= 11 is 0. The van der Waals surface area contributed by atoms with Crippen LogP contribution < -0.4 is 10.6 Å². The van der Waals surface area contributed by atoms with Gasteiger partial charge in [-0.3, -0.25) is 0 Å². The Hall–Kier alpha value is -0.830. The Labute approximate surface area is 176 Å². The van der Waals surface area contributed by atoms with E-state index in [9.17, 15) is 5.11 Å². The number of aliphatic imine (C=N–C) groups is 1. The number of nitrogens with zero attached hydrogens (tertiary/aromatic N) is 3. The summed E-state index contributed by atoms with van der Waals surface area (Å²) in [6.45, 7) is 13.4. The van der Waals surface area contributed by atoms with Gasteiger partial charge in [-0.15, -0.1) is 24.0 Å². The third-order valence-electron chi connectivity index (χ3n) is 4.10. The SMILES string of the molecule is CCCC(O)(CCC)CNC(=NCc1nccn1CC(C)C)NCC.I. The highest BCUT2D eigenvalue weighted by atomic mass is 127. The summed E-state index contributed by atoms with van der Waals surface area (Å²) in [7, 11) is 0. The first kappa shape index (κ1) is 25.2. The summed E-state index contributed by atoms with van der Waals surface area (Å²) < 4.78 is 2.15. The van der Waals surface area contributed by atoms with Crippen molar-refractivity contribution in [2.45, 2.75) is 79.0 Å². The lowest BCUT2D eigenvalue weighted by Crippen LogP contribution is -2.47. The van der Waals surface area contributed by atoms with Crippen molar-refractivity contribution in [3.05, 3.63) is 18.2 Å². The zero-order valence-electron chi connectivity index (χ0n) is 17.1. The van der Waals surface area contributed by atoms with Crippen LogP contribution in [0.25, 0.3) is 0 Å². The van der Waals surface area contributed by atoms with E-state index < -0.39 is 5.60 Å². The molecule has 0 spiro atoms. The van der Waals surface area contributed by atoms with Crippen LogP contribution in [0.5, 0.6) is 0 Å². The molecule has 0 saturated carbocycles. The maximum atomic E-state index is 10.8. The highest BCUT2D eigenvalue weighted by Gasteiger charge is 2.24. The number of hydrogen-bond acceptors (Lipinski definition) is 3. The van der Waals surface area contributed by atoms with Crippen molar-refractivity contribution in [3.63, 3.8) is 0 Å².